The van der Waals surface area contributed by atoms with E-state index in [0.29, 0.717) is 17.6 Å². The largest absolute Gasteiger partial charge is 0.362 e. The van der Waals surface area contributed by atoms with Crippen molar-refractivity contribution < 1.29 is 0 Å². The highest BCUT2D eigenvalue weighted by molar-refractivity contribution is 7.80. The lowest BCUT2D eigenvalue weighted by Crippen LogP contribution is -2.44. The number of thiocarbonyl (C=S) groups is 1. The van der Waals surface area contributed by atoms with Crippen LogP contribution in [0.25, 0.3) is 10.9 Å². The number of likely N-dealkylation sites (N-methyl/N-ethyl adjacent to an activating group) is 1. The molecule has 0 unspecified atom stereocenters. The van der Waals surface area contributed by atoms with Crippen LogP contribution in [0.5, 0.6) is 0 Å². The van der Waals surface area contributed by atoms with Gasteiger partial charge in [0, 0.05) is 30.7 Å². The normalized spacial score (nSPS) is 11.4. The third-order valence-corrected chi connectivity index (χ3v) is 5.07. The van der Waals surface area contributed by atoms with Gasteiger partial charge < -0.3 is 20.1 Å². The Morgan fingerprint density at radius 2 is 1.81 bits per heavy atom. The van der Waals surface area contributed by atoms with Crippen molar-refractivity contribution in [2.24, 2.45) is 5.92 Å². The summed E-state index contributed by atoms with van der Waals surface area (Å²) in [6.45, 7) is 11.4. The Morgan fingerprint density at radius 1 is 1.15 bits per heavy atom. The van der Waals surface area contributed by atoms with Gasteiger partial charge in [-0.05, 0) is 80.8 Å². The molecule has 0 saturated heterocycles. The number of hydrogen-bond donors (Lipinski definition) is 2. The van der Waals surface area contributed by atoms with Crippen molar-refractivity contribution in [1.29, 1.82) is 0 Å². The SMILES string of the molecule is Cc1cc2cc(CN(CCN(C)C)C(=S)NCC(C)C)c(=O)[nH]c2cc1C. The minimum atomic E-state index is -0.0488. The molecule has 1 heterocycles. The second-order valence-corrected chi connectivity index (χ2v) is 8.34. The van der Waals surface area contributed by atoms with E-state index in [9.17, 15) is 4.79 Å². The van der Waals surface area contributed by atoms with Gasteiger partial charge in [0.15, 0.2) is 5.11 Å². The van der Waals surface area contributed by atoms with Gasteiger partial charge in [0.05, 0.1) is 6.54 Å². The van der Waals surface area contributed by atoms with Crippen LogP contribution in [0.1, 0.15) is 30.5 Å². The second kappa shape index (κ2) is 9.33. The summed E-state index contributed by atoms with van der Waals surface area (Å²) in [6.07, 6.45) is 0. The van der Waals surface area contributed by atoms with Gasteiger partial charge in [-0.2, -0.15) is 0 Å². The van der Waals surface area contributed by atoms with Crippen LogP contribution in [0.3, 0.4) is 0 Å². The van der Waals surface area contributed by atoms with Crippen molar-refractivity contribution in [1.82, 2.24) is 20.1 Å². The molecule has 0 atom stereocenters. The Balaban J connectivity index is 2.29. The summed E-state index contributed by atoms with van der Waals surface area (Å²) < 4.78 is 0. The predicted octanol–water partition coefficient (Wildman–Crippen LogP) is 3.04. The van der Waals surface area contributed by atoms with Crippen molar-refractivity contribution >= 4 is 28.2 Å². The number of benzene rings is 1. The molecule has 27 heavy (non-hydrogen) atoms. The summed E-state index contributed by atoms with van der Waals surface area (Å²) in [6, 6.07) is 6.16. The zero-order valence-electron chi connectivity index (χ0n) is 17.3. The number of aryl methyl sites for hydroxylation is 2. The lowest BCUT2D eigenvalue weighted by atomic mass is 10.0. The lowest BCUT2D eigenvalue weighted by molar-refractivity contribution is 0.321. The van der Waals surface area contributed by atoms with Crippen LogP contribution in [0.4, 0.5) is 0 Å². The first-order chi connectivity index (χ1) is 12.7. The molecule has 6 heteroatoms. The van der Waals surface area contributed by atoms with Crippen LogP contribution in [0.2, 0.25) is 0 Å². The number of fused-ring (bicyclic) bond motifs is 1. The van der Waals surface area contributed by atoms with Gasteiger partial charge in [0.2, 0.25) is 0 Å². The van der Waals surface area contributed by atoms with Gasteiger partial charge in [-0.25, -0.2) is 0 Å². The summed E-state index contributed by atoms with van der Waals surface area (Å²) in [5.41, 5.74) is 3.97. The molecular formula is C21H32N4OS. The Bertz CT molecular complexity index is 857. The van der Waals surface area contributed by atoms with E-state index in [1.807, 2.05) is 26.2 Å². The average Bonchev–Trinajstić information content (AvgIpc) is 2.58. The van der Waals surface area contributed by atoms with E-state index in [0.717, 1.165) is 36.1 Å². The van der Waals surface area contributed by atoms with Crippen LogP contribution in [0, 0.1) is 19.8 Å². The first kappa shape index (κ1) is 21.4. The summed E-state index contributed by atoms with van der Waals surface area (Å²) in [5.74, 6) is 0.508. The maximum atomic E-state index is 12.6. The van der Waals surface area contributed by atoms with E-state index in [4.69, 9.17) is 12.2 Å². The molecule has 5 nitrogen and oxygen atoms in total. The molecule has 0 radical (unpaired) electrons. The molecule has 0 bridgehead atoms. The van der Waals surface area contributed by atoms with Gasteiger partial charge in [-0.15, -0.1) is 0 Å². The molecule has 0 aliphatic carbocycles. The number of nitrogens with one attached hydrogen (secondary N) is 2. The molecule has 2 aromatic rings. The van der Waals surface area contributed by atoms with Crippen LogP contribution in [0.15, 0.2) is 23.0 Å². The minimum Gasteiger partial charge on any atom is -0.362 e. The summed E-state index contributed by atoms with van der Waals surface area (Å²) in [4.78, 5) is 19.9. The summed E-state index contributed by atoms with van der Waals surface area (Å²) in [5, 5.41) is 5.08. The fourth-order valence-electron chi connectivity index (χ4n) is 2.82. The molecular weight excluding hydrogens is 356 g/mol. The van der Waals surface area contributed by atoms with Crippen molar-refractivity contribution in [3.63, 3.8) is 0 Å². The number of hydrogen-bond acceptors (Lipinski definition) is 3. The highest BCUT2D eigenvalue weighted by atomic mass is 32.1. The highest BCUT2D eigenvalue weighted by Gasteiger charge is 2.14. The standard InChI is InChI=1S/C21H32N4OS/c1-14(2)12-22-21(27)25(8-7-24(5)6)13-18-11-17-9-15(3)16(4)10-19(17)23-20(18)26/h9-11,14H,7-8,12-13H2,1-6H3,(H,22,27)(H,23,26). The number of H-pyrrole nitrogens is 1. The van der Waals surface area contributed by atoms with Crippen LogP contribution in [-0.4, -0.2) is 53.6 Å². The molecule has 0 spiro atoms. The quantitative estimate of drug-likeness (QED) is 0.714. The maximum absolute atomic E-state index is 12.6. The number of aromatic amines is 1. The zero-order chi connectivity index (χ0) is 20.1. The molecule has 1 aromatic carbocycles. The minimum absolute atomic E-state index is 0.0488. The van der Waals surface area contributed by atoms with E-state index in [1.165, 1.54) is 11.1 Å². The van der Waals surface area contributed by atoms with E-state index in [-0.39, 0.29) is 5.56 Å². The van der Waals surface area contributed by atoms with Crippen molar-refractivity contribution in [3.05, 3.63) is 45.2 Å². The molecule has 1 aromatic heterocycles. The van der Waals surface area contributed by atoms with Crippen molar-refractivity contribution in [2.75, 3.05) is 33.7 Å². The van der Waals surface area contributed by atoms with E-state index in [2.05, 4.69) is 53.9 Å². The fraction of sp³-hybridized carbons (Fsp3) is 0.524. The molecule has 2 rings (SSSR count). The van der Waals surface area contributed by atoms with Crippen molar-refractivity contribution in [2.45, 2.75) is 34.2 Å². The molecule has 0 aliphatic heterocycles. The van der Waals surface area contributed by atoms with Gasteiger partial charge in [-0.3, -0.25) is 4.79 Å². The number of aromatic nitrogens is 1. The van der Waals surface area contributed by atoms with Gasteiger partial charge in [0.25, 0.3) is 5.56 Å². The van der Waals surface area contributed by atoms with Gasteiger partial charge in [0.1, 0.15) is 0 Å². The maximum Gasteiger partial charge on any atom is 0.253 e. The molecule has 0 saturated carbocycles. The smallest absolute Gasteiger partial charge is 0.253 e. The molecule has 0 aliphatic rings. The van der Waals surface area contributed by atoms with E-state index >= 15 is 0 Å². The van der Waals surface area contributed by atoms with Crippen molar-refractivity contribution in [3.8, 4) is 0 Å². The lowest BCUT2D eigenvalue weighted by Gasteiger charge is -2.27. The Kier molecular flexibility index (Phi) is 7.39. The third kappa shape index (κ3) is 6.04. The van der Waals surface area contributed by atoms with Crippen LogP contribution >= 0.6 is 12.2 Å². The van der Waals surface area contributed by atoms with E-state index < -0.39 is 0 Å². The third-order valence-electron chi connectivity index (χ3n) is 4.66. The predicted molar refractivity (Wildman–Crippen MR) is 118 cm³/mol. The number of rotatable bonds is 7. The molecule has 148 valence electrons. The first-order valence-corrected chi connectivity index (χ1v) is 9.89. The molecule has 0 amide bonds. The topological polar surface area (TPSA) is 51.4 Å². The fourth-order valence-corrected chi connectivity index (χ4v) is 3.06. The number of pyridine rings is 1. The Hall–Kier alpha value is -1.92. The van der Waals surface area contributed by atoms with Gasteiger partial charge >= 0.3 is 0 Å². The van der Waals surface area contributed by atoms with Crippen LogP contribution in [-0.2, 0) is 6.54 Å². The Morgan fingerprint density at radius 3 is 2.44 bits per heavy atom. The molecule has 0 fully saturated rings. The second-order valence-electron chi connectivity index (χ2n) is 7.95. The Labute approximate surface area is 167 Å². The summed E-state index contributed by atoms with van der Waals surface area (Å²) >= 11 is 5.61. The first-order valence-electron chi connectivity index (χ1n) is 9.48. The van der Waals surface area contributed by atoms with Crippen LogP contribution < -0.4 is 10.9 Å². The van der Waals surface area contributed by atoms with Gasteiger partial charge in [-0.1, -0.05) is 13.8 Å². The highest BCUT2D eigenvalue weighted by Crippen LogP contribution is 2.17. The number of nitrogens with zero attached hydrogens (tertiary/aromatic N) is 2. The average molecular weight is 389 g/mol. The monoisotopic (exact) mass is 388 g/mol. The summed E-state index contributed by atoms with van der Waals surface area (Å²) in [7, 11) is 4.08. The zero-order valence-corrected chi connectivity index (χ0v) is 18.2. The van der Waals surface area contributed by atoms with E-state index in [1.54, 1.807) is 0 Å². The molecule has 2 N–H and O–H groups in total.